The molecular weight excluding hydrogens is 128 g/mol. The number of hydrogen-bond acceptors (Lipinski definition) is 2. The topological polar surface area (TPSA) is 32.8 Å². The number of hydrogen-bond donors (Lipinski definition) is 1. The van der Waals surface area contributed by atoms with Gasteiger partial charge in [0.25, 0.3) is 0 Å². The molecule has 2 atom stereocenters. The Morgan fingerprint density at radius 1 is 1.80 bits per heavy atom. The van der Waals surface area contributed by atoms with Crippen LogP contribution in [0.5, 0.6) is 0 Å². The Morgan fingerprint density at radius 3 is 3.00 bits per heavy atom. The first kappa shape index (κ1) is 7.59. The first-order valence-corrected chi connectivity index (χ1v) is 3.54. The van der Waals surface area contributed by atoms with Crippen LogP contribution in [-0.4, -0.2) is 23.9 Å². The summed E-state index contributed by atoms with van der Waals surface area (Å²) in [5, 5.41) is 9.22. The second-order valence-corrected chi connectivity index (χ2v) is 2.40. The fourth-order valence-corrected chi connectivity index (χ4v) is 0.809. The number of aliphatic hydroxyl groups is 1. The molecule has 1 saturated heterocycles. The molecule has 0 amide bonds. The van der Waals surface area contributed by atoms with Crippen molar-refractivity contribution in [1.82, 2.24) is 0 Å². The number of rotatable bonds is 3. The van der Waals surface area contributed by atoms with Gasteiger partial charge in [0.15, 0.2) is 0 Å². The monoisotopic (exact) mass is 140 g/mol. The maximum absolute atomic E-state index is 9.22. The van der Waals surface area contributed by atoms with E-state index in [9.17, 15) is 5.11 Å². The molecule has 2 nitrogen and oxygen atoms in total. The maximum atomic E-state index is 9.22. The van der Waals surface area contributed by atoms with Crippen LogP contribution in [0.1, 0.15) is 19.8 Å². The van der Waals surface area contributed by atoms with Gasteiger partial charge in [0.2, 0.25) is 0 Å². The van der Waals surface area contributed by atoms with E-state index in [1.54, 1.807) is 6.92 Å². The molecule has 0 aromatic heterocycles. The van der Waals surface area contributed by atoms with Gasteiger partial charge in [-0.1, -0.05) is 0 Å². The molecule has 1 fully saturated rings. The molecule has 1 heterocycles. The summed E-state index contributed by atoms with van der Waals surface area (Å²) in [4.78, 5) is 0. The summed E-state index contributed by atoms with van der Waals surface area (Å²) in [6.07, 6.45) is 1.34. The molecule has 1 aliphatic rings. The van der Waals surface area contributed by atoms with Gasteiger partial charge in [-0.05, 0) is 13.3 Å². The summed E-state index contributed by atoms with van der Waals surface area (Å²) in [6.45, 7) is 2.53. The van der Waals surface area contributed by atoms with E-state index < -0.39 is 0 Å². The predicted molar refractivity (Wildman–Crippen MR) is 38.4 cm³/mol. The zero-order valence-electron chi connectivity index (χ0n) is 6.13. The van der Waals surface area contributed by atoms with Crippen molar-refractivity contribution in [2.24, 2.45) is 0 Å². The van der Waals surface area contributed by atoms with Crippen molar-refractivity contribution < 1.29 is 9.84 Å². The number of ether oxygens (including phenoxy) is 1. The Kier molecular flexibility index (Phi) is 2.73. The van der Waals surface area contributed by atoms with Crippen molar-refractivity contribution >= 4 is 0 Å². The second-order valence-electron chi connectivity index (χ2n) is 2.40. The number of epoxide rings is 1. The van der Waals surface area contributed by atoms with Gasteiger partial charge in [0, 0.05) is 6.42 Å². The fourth-order valence-electron chi connectivity index (χ4n) is 0.809. The Morgan fingerprint density at radius 2 is 2.50 bits per heavy atom. The largest absolute Gasteiger partial charge is 0.390 e. The minimum Gasteiger partial charge on any atom is -0.390 e. The molecule has 0 bridgehead atoms. The highest BCUT2D eigenvalue weighted by atomic mass is 16.6. The molecule has 0 radical (unpaired) electrons. The van der Waals surface area contributed by atoms with Crippen molar-refractivity contribution in [3.05, 3.63) is 0 Å². The highest BCUT2D eigenvalue weighted by Gasteiger charge is 2.30. The molecular formula is C8H12O2. The van der Waals surface area contributed by atoms with E-state index in [0.717, 1.165) is 19.4 Å². The highest BCUT2D eigenvalue weighted by Crippen LogP contribution is 2.16. The summed E-state index contributed by atoms with van der Waals surface area (Å²) in [5.74, 6) is 5.68. The SMILES string of the molecule is CC#CCC[C@H](O)[C@H]1CO1. The zero-order valence-corrected chi connectivity index (χ0v) is 6.13. The van der Waals surface area contributed by atoms with E-state index in [-0.39, 0.29) is 12.2 Å². The Hall–Kier alpha value is -0.520. The molecule has 0 aliphatic carbocycles. The summed E-state index contributed by atoms with van der Waals surface area (Å²) in [7, 11) is 0. The molecule has 0 saturated carbocycles. The van der Waals surface area contributed by atoms with Crippen LogP contribution in [0.2, 0.25) is 0 Å². The third-order valence-corrected chi connectivity index (χ3v) is 1.53. The van der Waals surface area contributed by atoms with E-state index in [1.807, 2.05) is 0 Å². The zero-order chi connectivity index (χ0) is 7.40. The van der Waals surface area contributed by atoms with E-state index in [1.165, 1.54) is 0 Å². The Balaban J connectivity index is 2.04. The van der Waals surface area contributed by atoms with Crippen LogP contribution in [-0.2, 0) is 4.74 Å². The van der Waals surface area contributed by atoms with Gasteiger partial charge in [0.05, 0.1) is 12.7 Å². The molecule has 0 aromatic rings. The van der Waals surface area contributed by atoms with Crippen LogP contribution >= 0.6 is 0 Å². The average molecular weight is 140 g/mol. The normalized spacial score (nSPS) is 24.8. The summed E-state index contributed by atoms with van der Waals surface area (Å²) < 4.78 is 4.90. The molecule has 2 heteroatoms. The van der Waals surface area contributed by atoms with Gasteiger partial charge in [-0.3, -0.25) is 0 Å². The van der Waals surface area contributed by atoms with Crippen LogP contribution in [0, 0.1) is 11.8 Å². The Bertz CT molecular complexity index is 150. The van der Waals surface area contributed by atoms with Crippen molar-refractivity contribution in [2.45, 2.75) is 32.0 Å². The highest BCUT2D eigenvalue weighted by molar-refractivity contribution is 4.96. The third kappa shape index (κ3) is 2.38. The lowest BCUT2D eigenvalue weighted by molar-refractivity contribution is 0.128. The molecule has 1 N–H and O–H groups in total. The van der Waals surface area contributed by atoms with Gasteiger partial charge in [0.1, 0.15) is 6.10 Å². The van der Waals surface area contributed by atoms with Gasteiger partial charge >= 0.3 is 0 Å². The summed E-state index contributed by atoms with van der Waals surface area (Å²) in [5.41, 5.74) is 0. The lowest BCUT2D eigenvalue weighted by Crippen LogP contribution is -2.13. The van der Waals surface area contributed by atoms with Crippen molar-refractivity contribution in [1.29, 1.82) is 0 Å². The van der Waals surface area contributed by atoms with Crippen LogP contribution < -0.4 is 0 Å². The Labute approximate surface area is 61.2 Å². The van der Waals surface area contributed by atoms with Gasteiger partial charge in [-0.25, -0.2) is 0 Å². The molecule has 1 aliphatic heterocycles. The van der Waals surface area contributed by atoms with E-state index >= 15 is 0 Å². The molecule has 0 aromatic carbocycles. The third-order valence-electron chi connectivity index (χ3n) is 1.53. The summed E-state index contributed by atoms with van der Waals surface area (Å²) >= 11 is 0. The minimum absolute atomic E-state index is 0.110. The minimum atomic E-state index is -0.291. The standard InChI is InChI=1S/C8H12O2/c1-2-3-4-5-7(9)8-6-10-8/h7-9H,4-6H2,1H3/t7-,8+/m0/s1. The predicted octanol–water partition coefficient (Wildman–Crippen LogP) is 0.550. The van der Waals surface area contributed by atoms with Crippen LogP contribution in [0.3, 0.4) is 0 Å². The van der Waals surface area contributed by atoms with Crippen LogP contribution in [0.4, 0.5) is 0 Å². The molecule has 56 valence electrons. The van der Waals surface area contributed by atoms with Crippen molar-refractivity contribution in [2.75, 3.05) is 6.61 Å². The lowest BCUT2D eigenvalue weighted by atomic mass is 10.1. The van der Waals surface area contributed by atoms with Gasteiger partial charge in [-0.2, -0.15) is 0 Å². The smallest absolute Gasteiger partial charge is 0.107 e. The van der Waals surface area contributed by atoms with Gasteiger partial charge in [-0.15, -0.1) is 11.8 Å². The first-order valence-electron chi connectivity index (χ1n) is 3.54. The fraction of sp³-hybridized carbons (Fsp3) is 0.750. The maximum Gasteiger partial charge on any atom is 0.107 e. The molecule has 0 spiro atoms. The van der Waals surface area contributed by atoms with E-state index in [0.29, 0.717) is 0 Å². The van der Waals surface area contributed by atoms with Gasteiger partial charge < -0.3 is 9.84 Å². The quantitative estimate of drug-likeness (QED) is 0.458. The average Bonchev–Trinajstić information content (AvgIpc) is 2.69. The second kappa shape index (κ2) is 3.60. The lowest BCUT2D eigenvalue weighted by Gasteiger charge is -2.01. The number of aliphatic hydroxyl groups excluding tert-OH is 1. The summed E-state index contributed by atoms with van der Waals surface area (Å²) in [6, 6.07) is 0. The molecule has 1 rings (SSSR count). The molecule has 0 unspecified atom stereocenters. The first-order chi connectivity index (χ1) is 4.84. The van der Waals surface area contributed by atoms with Crippen LogP contribution in [0.15, 0.2) is 0 Å². The van der Waals surface area contributed by atoms with E-state index in [4.69, 9.17) is 4.74 Å². The van der Waals surface area contributed by atoms with E-state index in [2.05, 4.69) is 11.8 Å². The van der Waals surface area contributed by atoms with Crippen LogP contribution in [0.25, 0.3) is 0 Å². The van der Waals surface area contributed by atoms with Crippen molar-refractivity contribution in [3.8, 4) is 11.8 Å². The van der Waals surface area contributed by atoms with Crippen molar-refractivity contribution in [3.63, 3.8) is 0 Å². The molecule has 10 heavy (non-hydrogen) atoms.